The van der Waals surface area contributed by atoms with Gasteiger partial charge >= 0.3 is 0 Å². The van der Waals surface area contributed by atoms with Gasteiger partial charge in [0.2, 0.25) is 0 Å². The van der Waals surface area contributed by atoms with Crippen molar-refractivity contribution < 1.29 is 8.83 Å². The van der Waals surface area contributed by atoms with E-state index >= 15 is 0 Å². The van der Waals surface area contributed by atoms with Crippen molar-refractivity contribution in [2.24, 2.45) is 0 Å². The monoisotopic (exact) mass is 686 g/mol. The zero-order chi connectivity index (χ0) is 35.3. The maximum Gasteiger partial charge on any atom is 0.143 e. The van der Waals surface area contributed by atoms with Gasteiger partial charge in [-0.05, 0) is 83.9 Å². The van der Waals surface area contributed by atoms with Crippen LogP contribution in [-0.2, 0) is 0 Å². The Morgan fingerprint density at radius 3 is 1.46 bits per heavy atom. The second kappa shape index (κ2) is 11.2. The first-order valence-corrected chi connectivity index (χ1v) is 18.5. The zero-order valence-corrected chi connectivity index (χ0v) is 29.1. The molecule has 10 aromatic carbocycles. The Hall–Kier alpha value is -7.16. The maximum atomic E-state index is 6.66. The summed E-state index contributed by atoms with van der Waals surface area (Å²) in [5.41, 5.74) is 12.8. The molecule has 250 valence electrons. The molecule has 0 aliphatic carbocycles. The first-order valence-electron chi connectivity index (χ1n) is 18.5. The Balaban J connectivity index is 1.17. The number of fused-ring (bicyclic) bond motifs is 6. The van der Waals surface area contributed by atoms with Crippen LogP contribution >= 0.6 is 0 Å². The van der Waals surface area contributed by atoms with Crippen LogP contribution < -0.4 is 0 Å². The number of hydrogen-bond acceptors (Lipinski definition) is 2. The summed E-state index contributed by atoms with van der Waals surface area (Å²) in [4.78, 5) is 0. The van der Waals surface area contributed by atoms with Crippen LogP contribution in [0.1, 0.15) is 0 Å². The third-order valence-electron chi connectivity index (χ3n) is 11.5. The molecule has 0 fully saturated rings. The largest absolute Gasteiger partial charge is 0.455 e. The first kappa shape index (κ1) is 29.4. The average molecular weight is 687 g/mol. The molecule has 0 radical (unpaired) electrons. The van der Waals surface area contributed by atoms with E-state index in [1.165, 1.54) is 49.0 Å². The predicted octanol–water partition coefficient (Wildman–Crippen LogP) is 15.1. The molecule has 2 aromatic heterocycles. The van der Waals surface area contributed by atoms with Crippen molar-refractivity contribution in [1.29, 1.82) is 0 Å². The Labute approximate surface area is 310 Å². The van der Waals surface area contributed by atoms with Gasteiger partial charge in [0, 0.05) is 32.7 Å². The van der Waals surface area contributed by atoms with Gasteiger partial charge < -0.3 is 8.83 Å². The van der Waals surface area contributed by atoms with Crippen molar-refractivity contribution in [3.05, 3.63) is 182 Å². The summed E-state index contributed by atoms with van der Waals surface area (Å²) < 4.78 is 13.2. The predicted molar refractivity (Wildman–Crippen MR) is 226 cm³/mol. The summed E-state index contributed by atoms with van der Waals surface area (Å²) in [5, 5.41) is 12.1. The van der Waals surface area contributed by atoms with Gasteiger partial charge in [-0.15, -0.1) is 0 Å². The molecular weight excluding hydrogens is 657 g/mol. The first-order chi connectivity index (χ1) is 26.8. The third kappa shape index (κ3) is 4.17. The molecule has 0 spiro atoms. The average Bonchev–Trinajstić information content (AvgIpc) is 3.82. The summed E-state index contributed by atoms with van der Waals surface area (Å²) >= 11 is 0. The molecule has 0 N–H and O–H groups in total. The minimum absolute atomic E-state index is 0.895. The second-order valence-electron chi connectivity index (χ2n) is 14.3. The Morgan fingerprint density at radius 1 is 0.259 bits per heavy atom. The second-order valence-corrected chi connectivity index (χ2v) is 14.3. The molecular formula is C52H30O2. The highest BCUT2D eigenvalue weighted by atomic mass is 16.3. The molecule has 12 aromatic rings. The SMILES string of the molecule is c1ccc(-c2ccc3ccc4c(-c5cc(-c6cccc7c6oc6ccccc67)ccc5-c5cccc6c5oc5ccccc56)ccc5ccc2c3c54)cc1. The van der Waals surface area contributed by atoms with Crippen molar-refractivity contribution in [3.8, 4) is 44.5 Å². The molecule has 0 unspecified atom stereocenters. The summed E-state index contributed by atoms with van der Waals surface area (Å²) in [6.07, 6.45) is 0. The fourth-order valence-corrected chi connectivity index (χ4v) is 9.01. The molecule has 54 heavy (non-hydrogen) atoms. The van der Waals surface area contributed by atoms with Crippen molar-refractivity contribution >= 4 is 76.2 Å². The standard InChI is InChI=1S/C52H30O2/c1-2-10-31(11-3-1)35-25-20-32-23-29-42-37(26-21-33-22-28-41(35)49(32)50(33)42)46-30-34(36-14-8-16-44-39-12-4-6-18-47(39)53-51(36)44)24-27-38(46)43-15-9-17-45-40-13-5-7-19-48(40)54-52(43)45/h1-30H. The van der Waals surface area contributed by atoms with E-state index in [1.807, 2.05) is 12.1 Å². The minimum Gasteiger partial charge on any atom is -0.455 e. The lowest BCUT2D eigenvalue weighted by Crippen LogP contribution is -1.92. The lowest BCUT2D eigenvalue weighted by Gasteiger charge is -2.19. The summed E-state index contributed by atoms with van der Waals surface area (Å²) in [6.45, 7) is 0. The number of para-hydroxylation sites is 4. The molecule has 2 nitrogen and oxygen atoms in total. The highest BCUT2D eigenvalue weighted by Gasteiger charge is 2.21. The van der Waals surface area contributed by atoms with Gasteiger partial charge in [0.05, 0.1) is 0 Å². The van der Waals surface area contributed by atoms with E-state index in [2.05, 4.69) is 170 Å². The highest BCUT2D eigenvalue weighted by molar-refractivity contribution is 6.28. The van der Waals surface area contributed by atoms with Crippen molar-refractivity contribution in [2.75, 3.05) is 0 Å². The van der Waals surface area contributed by atoms with Crippen LogP contribution in [0.15, 0.2) is 191 Å². The summed E-state index contributed by atoms with van der Waals surface area (Å²) in [6, 6.07) is 65.6. The number of rotatable bonds is 4. The van der Waals surface area contributed by atoms with E-state index < -0.39 is 0 Å². The van der Waals surface area contributed by atoms with Crippen LogP contribution in [0.3, 0.4) is 0 Å². The van der Waals surface area contributed by atoms with E-state index in [4.69, 9.17) is 8.83 Å². The molecule has 0 saturated heterocycles. The van der Waals surface area contributed by atoms with Crippen LogP contribution in [0.2, 0.25) is 0 Å². The van der Waals surface area contributed by atoms with Gasteiger partial charge in [-0.1, -0.05) is 164 Å². The number of furan rings is 2. The zero-order valence-electron chi connectivity index (χ0n) is 29.1. The normalized spacial score (nSPS) is 12.1. The molecule has 0 aliphatic heterocycles. The van der Waals surface area contributed by atoms with Gasteiger partial charge in [-0.3, -0.25) is 0 Å². The van der Waals surface area contributed by atoms with E-state index in [0.29, 0.717) is 0 Å². The number of benzene rings is 10. The van der Waals surface area contributed by atoms with Crippen molar-refractivity contribution in [1.82, 2.24) is 0 Å². The molecule has 0 bridgehead atoms. The molecule has 2 heterocycles. The lowest BCUT2D eigenvalue weighted by molar-refractivity contribution is 0.669. The molecule has 12 rings (SSSR count). The molecule has 0 saturated carbocycles. The Kier molecular flexibility index (Phi) is 6.09. The quantitative estimate of drug-likeness (QED) is 0.172. The van der Waals surface area contributed by atoms with Crippen LogP contribution in [0.5, 0.6) is 0 Å². The Morgan fingerprint density at radius 2 is 0.778 bits per heavy atom. The molecule has 2 heteroatoms. The third-order valence-corrected chi connectivity index (χ3v) is 11.5. The van der Waals surface area contributed by atoms with Gasteiger partial charge in [0.25, 0.3) is 0 Å². The van der Waals surface area contributed by atoms with Crippen LogP contribution in [0, 0.1) is 0 Å². The topological polar surface area (TPSA) is 26.3 Å². The summed E-state index contributed by atoms with van der Waals surface area (Å²) in [7, 11) is 0. The van der Waals surface area contributed by atoms with Crippen LogP contribution in [-0.4, -0.2) is 0 Å². The smallest absolute Gasteiger partial charge is 0.143 e. The fourth-order valence-electron chi connectivity index (χ4n) is 9.01. The molecule has 0 amide bonds. The van der Waals surface area contributed by atoms with Crippen LogP contribution in [0.4, 0.5) is 0 Å². The van der Waals surface area contributed by atoms with E-state index in [-0.39, 0.29) is 0 Å². The van der Waals surface area contributed by atoms with Gasteiger partial charge in [0.15, 0.2) is 0 Å². The molecule has 0 atom stereocenters. The minimum atomic E-state index is 0.895. The van der Waals surface area contributed by atoms with Crippen molar-refractivity contribution in [2.45, 2.75) is 0 Å². The highest BCUT2D eigenvalue weighted by Crippen LogP contribution is 2.47. The fraction of sp³-hybridized carbons (Fsp3) is 0. The lowest BCUT2D eigenvalue weighted by atomic mass is 9.84. The summed E-state index contributed by atoms with van der Waals surface area (Å²) in [5.74, 6) is 0. The van der Waals surface area contributed by atoms with E-state index in [0.717, 1.165) is 71.7 Å². The number of hydrogen-bond donors (Lipinski definition) is 0. The van der Waals surface area contributed by atoms with Gasteiger partial charge in [-0.2, -0.15) is 0 Å². The maximum absolute atomic E-state index is 6.66. The molecule has 0 aliphatic rings. The van der Waals surface area contributed by atoms with Crippen LogP contribution in [0.25, 0.3) is 121 Å². The van der Waals surface area contributed by atoms with E-state index in [9.17, 15) is 0 Å². The Bertz CT molecular complexity index is 3440. The van der Waals surface area contributed by atoms with Gasteiger partial charge in [-0.25, -0.2) is 0 Å². The van der Waals surface area contributed by atoms with Crippen molar-refractivity contribution in [3.63, 3.8) is 0 Å². The van der Waals surface area contributed by atoms with Gasteiger partial charge in [0.1, 0.15) is 22.3 Å². The van der Waals surface area contributed by atoms with E-state index in [1.54, 1.807) is 0 Å².